The number of β-amino-alcohol motifs (C(OH)–C–C–N with tert-alkyl or cyclic N) is 1. The van der Waals surface area contributed by atoms with Gasteiger partial charge < -0.3 is 20.1 Å². The molecule has 160 valence electrons. The minimum Gasteiger partial charge on any atom is -0.491 e. The van der Waals surface area contributed by atoms with Crippen LogP contribution < -0.4 is 15.0 Å². The number of aliphatic hydroxyl groups excluding tert-OH is 1. The predicted octanol–water partition coefficient (Wildman–Crippen LogP) is 2.87. The lowest BCUT2D eigenvalue weighted by atomic mass is 10.0. The number of nitrogens with one attached hydrogen (secondary N) is 1. The van der Waals surface area contributed by atoms with E-state index in [1.807, 2.05) is 18.2 Å². The van der Waals surface area contributed by atoms with Crippen molar-refractivity contribution in [2.24, 2.45) is 0 Å². The van der Waals surface area contributed by atoms with Gasteiger partial charge in [-0.1, -0.05) is 26.0 Å². The number of aliphatic hydroxyl groups is 1. The first kappa shape index (κ1) is 20.7. The number of hydrogen-bond acceptors (Lipinski definition) is 5. The molecular formula is C24H31N3O3. The van der Waals surface area contributed by atoms with Gasteiger partial charge in [0.2, 0.25) is 5.91 Å². The number of hydrogen-bond donors (Lipinski definition) is 2. The van der Waals surface area contributed by atoms with Crippen LogP contribution >= 0.6 is 0 Å². The van der Waals surface area contributed by atoms with Crippen molar-refractivity contribution >= 4 is 17.3 Å². The summed E-state index contributed by atoms with van der Waals surface area (Å²) in [5, 5.41) is 13.2. The quantitative estimate of drug-likeness (QED) is 0.736. The first-order valence-corrected chi connectivity index (χ1v) is 10.8. The first-order chi connectivity index (χ1) is 14.5. The van der Waals surface area contributed by atoms with Gasteiger partial charge in [-0.15, -0.1) is 0 Å². The fourth-order valence-electron chi connectivity index (χ4n) is 4.10. The summed E-state index contributed by atoms with van der Waals surface area (Å²) in [6, 6.07) is 14.4. The molecule has 1 atom stereocenters. The monoisotopic (exact) mass is 409 g/mol. The van der Waals surface area contributed by atoms with Gasteiger partial charge in [0, 0.05) is 44.1 Å². The molecule has 4 rings (SSSR count). The highest BCUT2D eigenvalue weighted by molar-refractivity contribution is 5.99. The molecule has 1 fully saturated rings. The summed E-state index contributed by atoms with van der Waals surface area (Å²) in [7, 11) is 0. The van der Waals surface area contributed by atoms with E-state index in [9.17, 15) is 9.90 Å². The van der Waals surface area contributed by atoms with Crippen LogP contribution in [0.4, 0.5) is 11.4 Å². The lowest BCUT2D eigenvalue weighted by Gasteiger charge is -2.37. The Balaban J connectivity index is 1.21. The van der Waals surface area contributed by atoms with E-state index in [1.54, 1.807) is 0 Å². The van der Waals surface area contributed by atoms with Crippen molar-refractivity contribution in [2.45, 2.75) is 32.3 Å². The summed E-state index contributed by atoms with van der Waals surface area (Å²) in [5.41, 5.74) is 4.44. The third-order valence-corrected chi connectivity index (χ3v) is 5.91. The van der Waals surface area contributed by atoms with Crippen LogP contribution in [0.25, 0.3) is 0 Å². The molecule has 6 heteroatoms. The van der Waals surface area contributed by atoms with E-state index in [-0.39, 0.29) is 12.5 Å². The molecule has 2 N–H and O–H groups in total. The molecule has 2 aliphatic rings. The SMILES string of the molecule is CC(C)c1ccc(N2CCN(CC(O)COc3ccc4c(c3)CC(=O)N4)CC2)cc1. The molecule has 2 aromatic carbocycles. The van der Waals surface area contributed by atoms with Crippen LogP contribution in [0.3, 0.4) is 0 Å². The largest absolute Gasteiger partial charge is 0.491 e. The Hall–Kier alpha value is -2.57. The molecule has 0 radical (unpaired) electrons. The first-order valence-electron chi connectivity index (χ1n) is 10.8. The summed E-state index contributed by atoms with van der Waals surface area (Å²) in [6.07, 6.45) is -0.158. The second-order valence-corrected chi connectivity index (χ2v) is 8.54. The third kappa shape index (κ3) is 4.94. The minimum absolute atomic E-state index is 0.0113. The number of rotatable bonds is 7. The molecule has 0 bridgehead atoms. The van der Waals surface area contributed by atoms with Crippen LogP contribution in [0.15, 0.2) is 42.5 Å². The highest BCUT2D eigenvalue weighted by Crippen LogP contribution is 2.27. The van der Waals surface area contributed by atoms with E-state index in [0.717, 1.165) is 37.4 Å². The zero-order valence-electron chi connectivity index (χ0n) is 17.8. The van der Waals surface area contributed by atoms with Gasteiger partial charge in [0.05, 0.1) is 6.42 Å². The van der Waals surface area contributed by atoms with Gasteiger partial charge in [-0.2, -0.15) is 0 Å². The number of fused-ring (bicyclic) bond motifs is 1. The van der Waals surface area contributed by atoms with Gasteiger partial charge in [-0.25, -0.2) is 0 Å². The van der Waals surface area contributed by atoms with Crippen LogP contribution in [-0.2, 0) is 11.2 Å². The highest BCUT2D eigenvalue weighted by atomic mass is 16.5. The van der Waals surface area contributed by atoms with E-state index in [2.05, 4.69) is 53.2 Å². The van der Waals surface area contributed by atoms with Crippen molar-refractivity contribution < 1.29 is 14.6 Å². The van der Waals surface area contributed by atoms with Crippen molar-refractivity contribution in [3.8, 4) is 5.75 Å². The number of amides is 1. The van der Waals surface area contributed by atoms with Crippen LogP contribution in [0, 0.1) is 0 Å². The van der Waals surface area contributed by atoms with Crippen LogP contribution in [0.1, 0.15) is 30.9 Å². The Morgan fingerprint density at radius 3 is 2.50 bits per heavy atom. The second kappa shape index (κ2) is 9.06. The Kier molecular flexibility index (Phi) is 6.25. The molecule has 0 aliphatic carbocycles. The van der Waals surface area contributed by atoms with Crippen molar-refractivity contribution in [1.82, 2.24) is 4.90 Å². The van der Waals surface area contributed by atoms with Crippen molar-refractivity contribution in [3.63, 3.8) is 0 Å². The number of nitrogens with zero attached hydrogens (tertiary/aromatic N) is 2. The highest BCUT2D eigenvalue weighted by Gasteiger charge is 2.21. The molecular weight excluding hydrogens is 378 g/mol. The van der Waals surface area contributed by atoms with Gasteiger partial charge in [-0.3, -0.25) is 9.69 Å². The average Bonchev–Trinajstić information content (AvgIpc) is 3.12. The fourth-order valence-corrected chi connectivity index (χ4v) is 4.10. The zero-order chi connectivity index (χ0) is 21.1. The maximum atomic E-state index is 11.5. The average molecular weight is 410 g/mol. The molecule has 0 spiro atoms. The van der Waals surface area contributed by atoms with Gasteiger partial charge >= 0.3 is 0 Å². The molecule has 0 saturated carbocycles. The van der Waals surface area contributed by atoms with Gasteiger partial charge in [0.1, 0.15) is 18.5 Å². The Labute approximate surface area is 178 Å². The van der Waals surface area contributed by atoms with Crippen molar-refractivity contribution in [1.29, 1.82) is 0 Å². The molecule has 2 aromatic rings. The smallest absolute Gasteiger partial charge is 0.228 e. The van der Waals surface area contributed by atoms with Gasteiger partial charge in [0.15, 0.2) is 0 Å². The lowest BCUT2D eigenvalue weighted by Crippen LogP contribution is -2.49. The molecule has 1 unspecified atom stereocenters. The fraction of sp³-hybridized carbons (Fsp3) is 0.458. The van der Waals surface area contributed by atoms with E-state index < -0.39 is 6.10 Å². The number of piperazine rings is 1. The number of benzene rings is 2. The molecule has 1 saturated heterocycles. The molecule has 1 amide bonds. The zero-order valence-corrected chi connectivity index (χ0v) is 17.8. The maximum absolute atomic E-state index is 11.5. The maximum Gasteiger partial charge on any atom is 0.228 e. The van der Waals surface area contributed by atoms with Crippen LogP contribution in [0.2, 0.25) is 0 Å². The third-order valence-electron chi connectivity index (χ3n) is 5.91. The molecule has 0 aromatic heterocycles. The normalized spacial score (nSPS) is 17.7. The predicted molar refractivity (Wildman–Crippen MR) is 119 cm³/mol. The summed E-state index contributed by atoms with van der Waals surface area (Å²) >= 11 is 0. The summed E-state index contributed by atoms with van der Waals surface area (Å²) in [5.74, 6) is 1.26. The number of anilines is 2. The molecule has 6 nitrogen and oxygen atoms in total. The second-order valence-electron chi connectivity index (χ2n) is 8.54. The van der Waals surface area contributed by atoms with E-state index in [1.165, 1.54) is 11.3 Å². The summed E-state index contributed by atoms with van der Waals surface area (Å²) in [4.78, 5) is 16.1. The van der Waals surface area contributed by atoms with Gasteiger partial charge in [0.25, 0.3) is 0 Å². The Morgan fingerprint density at radius 2 is 1.80 bits per heavy atom. The number of carbonyl (C=O) groups is 1. The summed E-state index contributed by atoms with van der Waals surface area (Å²) < 4.78 is 5.76. The van der Waals surface area contributed by atoms with Crippen molar-refractivity contribution in [3.05, 3.63) is 53.6 Å². The number of carbonyl (C=O) groups excluding carboxylic acids is 1. The minimum atomic E-state index is -0.546. The number of ether oxygens (including phenoxy) is 1. The van der Waals surface area contributed by atoms with Gasteiger partial charge in [-0.05, 0) is 47.4 Å². The van der Waals surface area contributed by atoms with Crippen LogP contribution in [0.5, 0.6) is 5.75 Å². The van der Waals surface area contributed by atoms with E-state index in [0.29, 0.717) is 24.6 Å². The van der Waals surface area contributed by atoms with E-state index in [4.69, 9.17) is 4.74 Å². The van der Waals surface area contributed by atoms with E-state index >= 15 is 0 Å². The topological polar surface area (TPSA) is 65.0 Å². The Morgan fingerprint density at radius 1 is 1.07 bits per heavy atom. The van der Waals surface area contributed by atoms with Crippen molar-refractivity contribution in [2.75, 3.05) is 49.5 Å². The standard InChI is InChI=1S/C24H31N3O3/c1-17(2)18-3-5-20(6-4-18)27-11-9-26(10-12-27)15-21(28)16-30-22-7-8-23-19(13-22)14-24(29)25-23/h3-8,13,17,21,28H,9-12,14-16H2,1-2H3,(H,25,29). The lowest BCUT2D eigenvalue weighted by molar-refractivity contribution is -0.115. The summed E-state index contributed by atoms with van der Waals surface area (Å²) in [6.45, 7) is 9.05. The molecule has 2 aliphatic heterocycles. The molecule has 30 heavy (non-hydrogen) atoms. The Bertz CT molecular complexity index is 874. The molecule has 2 heterocycles. The van der Waals surface area contributed by atoms with Crippen LogP contribution in [-0.4, -0.2) is 61.3 Å².